The van der Waals surface area contributed by atoms with E-state index in [4.69, 9.17) is 9.84 Å². The Kier molecular flexibility index (Phi) is 33.3. The van der Waals surface area contributed by atoms with Gasteiger partial charge in [0, 0.05) is 19.6 Å². The van der Waals surface area contributed by atoms with Crippen LogP contribution in [0.3, 0.4) is 0 Å². The first-order valence-electron chi connectivity index (χ1n) is 14.0. The van der Waals surface area contributed by atoms with Crippen LogP contribution >= 0.6 is 0 Å². The molecule has 0 aromatic carbocycles. The molecule has 31 heavy (non-hydrogen) atoms. The molecule has 0 unspecified atom stereocenters. The molecule has 3 nitrogen and oxygen atoms in total. The Morgan fingerprint density at radius 3 is 1.00 bits per heavy atom. The summed E-state index contributed by atoms with van der Waals surface area (Å²) in [6.45, 7) is 8.41. The van der Waals surface area contributed by atoms with E-state index in [0.717, 1.165) is 19.6 Å². The summed E-state index contributed by atoms with van der Waals surface area (Å²) in [5.41, 5.74) is 0. The zero-order valence-corrected chi connectivity index (χ0v) is 21.7. The molecule has 0 fully saturated rings. The van der Waals surface area contributed by atoms with Gasteiger partial charge in [0.05, 0.1) is 0 Å². The van der Waals surface area contributed by atoms with Crippen LogP contribution in [0.25, 0.3) is 0 Å². The average Bonchev–Trinajstić information content (AvgIpc) is 2.75. The molecule has 0 amide bonds. The summed E-state index contributed by atoms with van der Waals surface area (Å²) in [6, 6.07) is 0. The predicted octanol–water partition coefficient (Wildman–Crippen LogP) is 9.72. The summed E-state index contributed by atoms with van der Waals surface area (Å²) in [5.74, 6) is -0.711. The van der Waals surface area contributed by atoms with E-state index in [-0.39, 0.29) is 0 Å². The van der Waals surface area contributed by atoms with E-state index in [1.807, 2.05) is 6.92 Å². The Balaban J connectivity index is 0. The third-order valence-electron chi connectivity index (χ3n) is 5.75. The summed E-state index contributed by atoms with van der Waals surface area (Å²) in [4.78, 5) is 9.60. The highest BCUT2D eigenvalue weighted by atomic mass is 16.5. The van der Waals surface area contributed by atoms with E-state index in [9.17, 15) is 4.79 Å². The maximum absolute atomic E-state index is 9.60. The monoisotopic (exact) mass is 442 g/mol. The fraction of sp³-hybridized carbons (Fsp3) is 0.964. The molecule has 0 bridgehead atoms. The number of carboxylic acid groups (broad SMARTS) is 1. The van der Waals surface area contributed by atoms with E-state index in [2.05, 4.69) is 13.8 Å². The van der Waals surface area contributed by atoms with Crippen molar-refractivity contribution in [2.45, 2.75) is 162 Å². The third kappa shape index (κ3) is 37.1. The molecule has 0 aromatic heterocycles. The Morgan fingerprint density at radius 2 is 0.774 bits per heavy atom. The lowest BCUT2D eigenvalue weighted by Gasteiger charge is -2.05. The van der Waals surface area contributed by atoms with Crippen LogP contribution in [0, 0.1) is 0 Å². The molecule has 0 spiro atoms. The molecule has 188 valence electrons. The van der Waals surface area contributed by atoms with Gasteiger partial charge in [-0.25, -0.2) is 0 Å². The van der Waals surface area contributed by atoms with E-state index >= 15 is 0 Å². The quantitative estimate of drug-likeness (QED) is 0.151. The maximum atomic E-state index is 9.60. The van der Waals surface area contributed by atoms with Crippen molar-refractivity contribution < 1.29 is 14.6 Å². The fourth-order valence-electron chi connectivity index (χ4n) is 3.70. The number of ether oxygens (including phenoxy) is 1. The minimum Gasteiger partial charge on any atom is -0.481 e. The minimum atomic E-state index is -0.711. The highest BCUT2D eigenvalue weighted by Crippen LogP contribution is 2.12. The maximum Gasteiger partial charge on any atom is 0.303 e. The van der Waals surface area contributed by atoms with Crippen LogP contribution in [0.15, 0.2) is 0 Å². The standard InChI is InChI=1S/C24H50O.C4H8O2/c1-3-5-7-9-11-13-15-17-19-21-23-25-24-22-20-18-16-14-12-10-8-6-4-2;1-2-3-4(5)6/h3-24H2,1-2H3;2-3H2,1H3,(H,5,6). The second-order valence-corrected chi connectivity index (χ2v) is 9.12. The largest absolute Gasteiger partial charge is 0.481 e. The molecule has 0 radical (unpaired) electrons. The molecule has 0 aliphatic carbocycles. The van der Waals surface area contributed by atoms with E-state index in [1.165, 1.54) is 128 Å². The molecule has 0 aromatic rings. The number of hydrogen-bond donors (Lipinski definition) is 1. The van der Waals surface area contributed by atoms with Gasteiger partial charge in [-0.15, -0.1) is 0 Å². The van der Waals surface area contributed by atoms with Gasteiger partial charge in [0.15, 0.2) is 0 Å². The predicted molar refractivity (Wildman–Crippen MR) is 137 cm³/mol. The van der Waals surface area contributed by atoms with Gasteiger partial charge in [-0.3, -0.25) is 4.79 Å². The Morgan fingerprint density at radius 1 is 0.484 bits per heavy atom. The lowest BCUT2D eigenvalue weighted by molar-refractivity contribution is -0.137. The fourth-order valence-corrected chi connectivity index (χ4v) is 3.70. The van der Waals surface area contributed by atoms with Crippen LogP contribution in [0.2, 0.25) is 0 Å². The van der Waals surface area contributed by atoms with Crippen molar-refractivity contribution >= 4 is 5.97 Å². The topological polar surface area (TPSA) is 46.5 Å². The van der Waals surface area contributed by atoms with Gasteiger partial charge in [-0.2, -0.15) is 0 Å². The molecule has 1 N–H and O–H groups in total. The van der Waals surface area contributed by atoms with Gasteiger partial charge in [-0.05, 0) is 19.3 Å². The molecule has 0 atom stereocenters. The van der Waals surface area contributed by atoms with Crippen molar-refractivity contribution in [3.63, 3.8) is 0 Å². The second kappa shape index (κ2) is 31.6. The smallest absolute Gasteiger partial charge is 0.303 e. The highest BCUT2D eigenvalue weighted by molar-refractivity contribution is 5.66. The number of carbonyl (C=O) groups is 1. The molecule has 0 heterocycles. The van der Waals surface area contributed by atoms with Crippen LogP contribution in [0.4, 0.5) is 0 Å². The van der Waals surface area contributed by atoms with Crippen LogP contribution in [-0.2, 0) is 9.53 Å². The van der Waals surface area contributed by atoms with Gasteiger partial charge in [0.1, 0.15) is 0 Å². The van der Waals surface area contributed by atoms with E-state index in [1.54, 1.807) is 0 Å². The van der Waals surface area contributed by atoms with Crippen molar-refractivity contribution in [1.82, 2.24) is 0 Å². The number of aliphatic carboxylic acids is 1. The summed E-state index contributed by atoms with van der Waals surface area (Å²) >= 11 is 0. The van der Waals surface area contributed by atoms with Gasteiger partial charge in [0.25, 0.3) is 0 Å². The first kappa shape index (κ1) is 32.6. The molecule has 0 rings (SSSR count). The number of unbranched alkanes of at least 4 members (excludes halogenated alkanes) is 18. The van der Waals surface area contributed by atoms with Gasteiger partial charge >= 0.3 is 5.97 Å². The second-order valence-electron chi connectivity index (χ2n) is 9.12. The van der Waals surface area contributed by atoms with Crippen molar-refractivity contribution in [2.24, 2.45) is 0 Å². The summed E-state index contributed by atoms with van der Waals surface area (Å²) in [5, 5.41) is 7.91. The average molecular weight is 443 g/mol. The van der Waals surface area contributed by atoms with Gasteiger partial charge in [0.2, 0.25) is 0 Å². The van der Waals surface area contributed by atoms with Crippen molar-refractivity contribution in [3.8, 4) is 0 Å². The SMILES string of the molecule is CCCC(=O)O.CCCCCCCCCCCCOCCCCCCCCCCCC. The summed E-state index contributed by atoms with van der Waals surface area (Å²) in [6.07, 6.45) is 29.2. The van der Waals surface area contributed by atoms with Gasteiger partial charge < -0.3 is 9.84 Å². The Bertz CT molecular complexity index is 295. The van der Waals surface area contributed by atoms with Crippen LogP contribution in [0.1, 0.15) is 162 Å². The third-order valence-corrected chi connectivity index (χ3v) is 5.75. The minimum absolute atomic E-state index is 0.292. The van der Waals surface area contributed by atoms with Gasteiger partial charge in [-0.1, -0.05) is 136 Å². The molecule has 0 aliphatic rings. The first-order valence-corrected chi connectivity index (χ1v) is 14.0. The molecule has 0 saturated heterocycles. The number of carboxylic acids is 1. The molecular formula is C28H58O3. The first-order chi connectivity index (χ1) is 15.2. The Labute approximate surface area is 196 Å². The summed E-state index contributed by atoms with van der Waals surface area (Å²) in [7, 11) is 0. The molecular weight excluding hydrogens is 384 g/mol. The van der Waals surface area contributed by atoms with Crippen LogP contribution < -0.4 is 0 Å². The zero-order valence-electron chi connectivity index (χ0n) is 21.7. The summed E-state index contributed by atoms with van der Waals surface area (Å²) < 4.78 is 5.78. The van der Waals surface area contributed by atoms with Crippen LogP contribution in [-0.4, -0.2) is 24.3 Å². The Hall–Kier alpha value is -0.570. The van der Waals surface area contributed by atoms with E-state index < -0.39 is 5.97 Å². The lowest BCUT2D eigenvalue weighted by Crippen LogP contribution is -1.97. The molecule has 0 saturated carbocycles. The number of hydrogen-bond acceptors (Lipinski definition) is 2. The normalized spacial score (nSPS) is 10.7. The van der Waals surface area contributed by atoms with Crippen LogP contribution in [0.5, 0.6) is 0 Å². The van der Waals surface area contributed by atoms with Crippen molar-refractivity contribution in [1.29, 1.82) is 0 Å². The molecule has 0 aliphatic heterocycles. The van der Waals surface area contributed by atoms with Crippen molar-refractivity contribution in [2.75, 3.05) is 13.2 Å². The molecule has 3 heteroatoms. The lowest BCUT2D eigenvalue weighted by atomic mass is 10.1. The highest BCUT2D eigenvalue weighted by Gasteiger charge is 1.95. The van der Waals surface area contributed by atoms with E-state index in [0.29, 0.717) is 6.42 Å². The number of rotatable bonds is 24. The van der Waals surface area contributed by atoms with Crippen molar-refractivity contribution in [3.05, 3.63) is 0 Å². The zero-order chi connectivity index (χ0) is 23.3.